The minimum absolute atomic E-state index is 0.685. The van der Waals surface area contributed by atoms with Crippen LogP contribution in [0.15, 0.2) is 60.2 Å². The van der Waals surface area contributed by atoms with Gasteiger partial charge in [0.05, 0.1) is 0 Å². The van der Waals surface area contributed by atoms with Crippen LogP contribution in [0.3, 0.4) is 0 Å². The molecule has 0 bridgehead atoms. The third-order valence-corrected chi connectivity index (χ3v) is 3.63. The van der Waals surface area contributed by atoms with Crippen molar-refractivity contribution in [2.24, 2.45) is 11.8 Å². The molecule has 3 nitrogen and oxygen atoms in total. The molecule has 4 N–H and O–H groups in total. The summed E-state index contributed by atoms with van der Waals surface area (Å²) < 4.78 is 0. The van der Waals surface area contributed by atoms with E-state index in [9.17, 15) is 0 Å². The van der Waals surface area contributed by atoms with Crippen molar-refractivity contribution in [3.63, 3.8) is 0 Å². The van der Waals surface area contributed by atoms with E-state index in [1.807, 2.05) is 26.0 Å². The van der Waals surface area contributed by atoms with Gasteiger partial charge in [-0.15, -0.1) is 0 Å². The van der Waals surface area contributed by atoms with Gasteiger partial charge in [0, 0.05) is 5.71 Å². The second-order valence-electron chi connectivity index (χ2n) is 5.98. The van der Waals surface area contributed by atoms with Gasteiger partial charge in [0.2, 0.25) is 0 Å². The Labute approximate surface area is 147 Å². The van der Waals surface area contributed by atoms with Gasteiger partial charge in [0.25, 0.3) is 0 Å². The van der Waals surface area contributed by atoms with Gasteiger partial charge < -0.3 is 10.6 Å². The first-order valence-corrected chi connectivity index (χ1v) is 8.35. The summed E-state index contributed by atoms with van der Waals surface area (Å²) in [7, 11) is 0. The molecule has 0 spiro atoms. The number of hydrogen-bond donors (Lipinski definition) is 3. The minimum Gasteiger partial charge on any atom is -0.320 e. The molecule has 0 atom stereocenters. The molecule has 0 aliphatic heterocycles. The summed E-state index contributed by atoms with van der Waals surface area (Å²) in [5.41, 5.74) is 4.86. The number of aryl methyl sites for hydroxylation is 1. The Morgan fingerprint density at radius 1 is 1.17 bits per heavy atom. The fraction of sp³-hybridized carbons (Fsp3) is 0.381. The summed E-state index contributed by atoms with van der Waals surface area (Å²) in [5.74, 6) is 4.19. The molecule has 0 heterocycles. The predicted octanol–water partition coefficient (Wildman–Crippen LogP) is 5.39. The summed E-state index contributed by atoms with van der Waals surface area (Å²) in [6.45, 7) is 8.16. The maximum Gasteiger partial charge on any atom is 0.00891 e. The number of allylic oxidation sites excluding steroid dienone is 6. The Balaban J connectivity index is 0.000000547. The van der Waals surface area contributed by atoms with Crippen LogP contribution in [0, 0.1) is 18.3 Å². The molecule has 1 aliphatic carbocycles. The third kappa shape index (κ3) is 11.6. The van der Waals surface area contributed by atoms with E-state index < -0.39 is 0 Å². The fourth-order valence-corrected chi connectivity index (χ4v) is 1.91. The van der Waals surface area contributed by atoms with Crippen molar-refractivity contribution in [1.82, 2.24) is 0 Å². The summed E-state index contributed by atoms with van der Waals surface area (Å²) in [4.78, 5) is 0. The normalized spacial score (nSPS) is 14.0. The standard InChI is InChI=1S/C16H20.C5H9N.H3NO/c1-4-5-6-7-14(2)8-11-16-12-9-15(3)10-13-16;1-4(6)5-2-3-5;1-2/h4-10,12-13H,11H2,1-3H3;5-6H,2-3H2,1H3;2H,1H2/b5-4-,7-6-,14-8-;;. The van der Waals surface area contributed by atoms with E-state index in [1.165, 1.54) is 29.5 Å². The molecular formula is C21H32N2O. The molecular weight excluding hydrogens is 296 g/mol. The van der Waals surface area contributed by atoms with Crippen molar-refractivity contribution in [3.8, 4) is 0 Å². The van der Waals surface area contributed by atoms with Crippen molar-refractivity contribution < 1.29 is 5.21 Å². The summed E-state index contributed by atoms with van der Waals surface area (Å²) in [6, 6.07) is 8.70. The average Bonchev–Trinajstić information content (AvgIpc) is 3.42. The molecule has 2 rings (SSSR count). The maximum absolute atomic E-state index is 7.01. The van der Waals surface area contributed by atoms with Crippen LogP contribution in [-0.2, 0) is 6.42 Å². The number of rotatable bonds is 5. The zero-order valence-corrected chi connectivity index (χ0v) is 15.4. The van der Waals surface area contributed by atoms with Crippen LogP contribution in [0.25, 0.3) is 0 Å². The second kappa shape index (κ2) is 13.5. The van der Waals surface area contributed by atoms with Crippen LogP contribution in [0.2, 0.25) is 0 Å². The largest absolute Gasteiger partial charge is 0.320 e. The number of benzene rings is 1. The van der Waals surface area contributed by atoms with E-state index in [0.717, 1.165) is 12.1 Å². The highest BCUT2D eigenvalue weighted by atomic mass is 16.4. The fourth-order valence-electron chi connectivity index (χ4n) is 1.91. The van der Waals surface area contributed by atoms with E-state index in [2.05, 4.69) is 62.2 Å². The molecule has 1 aromatic carbocycles. The van der Waals surface area contributed by atoms with E-state index in [1.54, 1.807) is 0 Å². The van der Waals surface area contributed by atoms with Crippen LogP contribution in [0.1, 0.15) is 44.7 Å². The molecule has 0 saturated heterocycles. The maximum atomic E-state index is 7.01. The lowest BCUT2D eigenvalue weighted by Crippen LogP contribution is -1.86. The second-order valence-corrected chi connectivity index (χ2v) is 5.98. The van der Waals surface area contributed by atoms with Gasteiger partial charge in [-0.3, -0.25) is 0 Å². The molecule has 1 fully saturated rings. The Kier molecular flexibility index (Phi) is 12.4. The quantitative estimate of drug-likeness (QED) is 0.385. The molecule has 24 heavy (non-hydrogen) atoms. The van der Waals surface area contributed by atoms with Crippen molar-refractivity contribution in [2.75, 3.05) is 0 Å². The lowest BCUT2D eigenvalue weighted by molar-refractivity contribution is 0.311. The number of nitrogens with one attached hydrogen (secondary N) is 1. The lowest BCUT2D eigenvalue weighted by atomic mass is 10.1. The first kappa shape index (κ1) is 22.0. The zero-order valence-electron chi connectivity index (χ0n) is 15.4. The van der Waals surface area contributed by atoms with E-state index in [0.29, 0.717) is 5.92 Å². The van der Waals surface area contributed by atoms with Gasteiger partial charge in [-0.1, -0.05) is 65.8 Å². The lowest BCUT2D eigenvalue weighted by Gasteiger charge is -1.98. The first-order chi connectivity index (χ1) is 11.5. The van der Waals surface area contributed by atoms with Gasteiger partial charge in [0.1, 0.15) is 0 Å². The Bertz CT molecular complexity index is 550. The summed E-state index contributed by atoms with van der Waals surface area (Å²) in [6.07, 6.45) is 14.1. The topological polar surface area (TPSA) is 70.1 Å². The molecule has 0 radical (unpaired) electrons. The van der Waals surface area contributed by atoms with Crippen molar-refractivity contribution in [2.45, 2.75) is 47.0 Å². The zero-order chi connectivity index (χ0) is 18.4. The monoisotopic (exact) mass is 328 g/mol. The number of hydrogen-bond acceptors (Lipinski definition) is 3. The van der Waals surface area contributed by atoms with Crippen LogP contribution >= 0.6 is 0 Å². The minimum atomic E-state index is 0.685. The molecule has 0 unspecified atom stereocenters. The molecule has 0 amide bonds. The van der Waals surface area contributed by atoms with Crippen LogP contribution in [-0.4, -0.2) is 10.9 Å². The van der Waals surface area contributed by atoms with Crippen molar-refractivity contribution >= 4 is 5.71 Å². The first-order valence-electron chi connectivity index (χ1n) is 8.35. The summed E-state index contributed by atoms with van der Waals surface area (Å²) >= 11 is 0. The Morgan fingerprint density at radius 2 is 1.75 bits per heavy atom. The molecule has 1 aliphatic rings. The van der Waals surface area contributed by atoms with Crippen LogP contribution in [0.5, 0.6) is 0 Å². The molecule has 132 valence electrons. The van der Waals surface area contributed by atoms with E-state index >= 15 is 0 Å². The van der Waals surface area contributed by atoms with Gasteiger partial charge in [-0.05, 0) is 58.4 Å². The molecule has 0 aromatic heterocycles. The molecule has 1 aromatic rings. The third-order valence-electron chi connectivity index (χ3n) is 3.63. The molecule has 3 heteroatoms. The highest BCUT2D eigenvalue weighted by Gasteiger charge is 2.22. The highest BCUT2D eigenvalue weighted by Crippen LogP contribution is 2.29. The number of nitrogens with two attached hydrogens (primary N) is 1. The van der Waals surface area contributed by atoms with Gasteiger partial charge in [0.15, 0.2) is 0 Å². The average molecular weight is 329 g/mol. The predicted molar refractivity (Wildman–Crippen MR) is 105 cm³/mol. The van der Waals surface area contributed by atoms with Crippen LogP contribution < -0.4 is 5.90 Å². The SMILES string of the molecule is CC(=N)C1CC1.C\C=C/C=C\C(C)=C/Cc1ccc(C)cc1.NO. The van der Waals surface area contributed by atoms with E-state index in [4.69, 9.17) is 10.6 Å². The Hall–Kier alpha value is -1.97. The van der Waals surface area contributed by atoms with Crippen LogP contribution in [0.4, 0.5) is 0 Å². The van der Waals surface area contributed by atoms with Gasteiger partial charge in [-0.25, -0.2) is 5.90 Å². The van der Waals surface area contributed by atoms with Crippen molar-refractivity contribution in [3.05, 3.63) is 71.3 Å². The Morgan fingerprint density at radius 3 is 2.17 bits per heavy atom. The van der Waals surface area contributed by atoms with Gasteiger partial charge in [-0.2, -0.15) is 0 Å². The smallest absolute Gasteiger partial charge is 0.00891 e. The molecule has 1 saturated carbocycles. The van der Waals surface area contributed by atoms with Crippen molar-refractivity contribution in [1.29, 1.82) is 5.41 Å². The highest BCUT2D eigenvalue weighted by molar-refractivity contribution is 5.83. The summed E-state index contributed by atoms with van der Waals surface area (Å²) in [5, 5.41) is 13.5. The van der Waals surface area contributed by atoms with E-state index in [-0.39, 0.29) is 0 Å². The van der Waals surface area contributed by atoms with Gasteiger partial charge >= 0.3 is 0 Å².